The lowest BCUT2D eigenvalue weighted by Crippen LogP contribution is -2.48. The number of amides is 3. The van der Waals surface area contributed by atoms with E-state index in [4.69, 9.17) is 4.74 Å². The molecule has 0 radical (unpaired) electrons. The predicted molar refractivity (Wildman–Crippen MR) is 132 cm³/mol. The summed E-state index contributed by atoms with van der Waals surface area (Å²) in [4.78, 5) is 40.2. The van der Waals surface area contributed by atoms with Gasteiger partial charge in [0.2, 0.25) is 11.8 Å². The van der Waals surface area contributed by atoms with Crippen LogP contribution in [0.15, 0.2) is 24.3 Å². The second-order valence-corrected chi connectivity index (χ2v) is 9.46. The molecule has 0 saturated carbocycles. The molecule has 3 amide bonds. The van der Waals surface area contributed by atoms with E-state index < -0.39 is 17.7 Å². The number of ether oxygens (including phenoxy) is 1. The van der Waals surface area contributed by atoms with Crippen molar-refractivity contribution in [2.24, 2.45) is 0 Å². The summed E-state index contributed by atoms with van der Waals surface area (Å²) < 4.78 is 5.25. The molecule has 1 rings (SSSR count). The summed E-state index contributed by atoms with van der Waals surface area (Å²) in [6.07, 6.45) is 5.06. The third-order valence-electron chi connectivity index (χ3n) is 5.14. The monoisotopic (exact) mass is 461 g/mol. The van der Waals surface area contributed by atoms with Gasteiger partial charge in [-0.15, -0.1) is 0 Å². The van der Waals surface area contributed by atoms with Crippen molar-refractivity contribution in [3.05, 3.63) is 35.4 Å². The van der Waals surface area contributed by atoms with Crippen LogP contribution in [0.4, 0.5) is 4.79 Å². The number of rotatable bonds is 13. The second-order valence-electron chi connectivity index (χ2n) is 9.46. The molecule has 0 heterocycles. The van der Waals surface area contributed by atoms with E-state index in [1.165, 1.54) is 0 Å². The van der Waals surface area contributed by atoms with E-state index in [2.05, 4.69) is 24.5 Å². The van der Waals surface area contributed by atoms with Gasteiger partial charge < -0.3 is 20.3 Å². The van der Waals surface area contributed by atoms with Gasteiger partial charge in [-0.05, 0) is 46.1 Å². The molecule has 1 aromatic carbocycles. The summed E-state index contributed by atoms with van der Waals surface area (Å²) in [5.74, 6) is -0.511. The Morgan fingerprint density at radius 3 is 2.12 bits per heavy atom. The van der Waals surface area contributed by atoms with Crippen LogP contribution in [0.25, 0.3) is 0 Å². The quantitative estimate of drug-likeness (QED) is 0.410. The van der Waals surface area contributed by atoms with Gasteiger partial charge >= 0.3 is 6.09 Å². The highest BCUT2D eigenvalue weighted by molar-refractivity contribution is 5.90. The molecular weight excluding hydrogens is 418 g/mol. The van der Waals surface area contributed by atoms with Gasteiger partial charge in [-0.2, -0.15) is 0 Å². The number of aryl methyl sites for hydroxylation is 1. The van der Waals surface area contributed by atoms with E-state index in [0.29, 0.717) is 13.1 Å². The first kappa shape index (κ1) is 28.5. The van der Waals surface area contributed by atoms with E-state index in [1.54, 1.807) is 25.7 Å². The van der Waals surface area contributed by atoms with Crippen LogP contribution in [0, 0.1) is 6.92 Å². The van der Waals surface area contributed by atoms with E-state index in [9.17, 15) is 14.4 Å². The standard InChI is InChI=1S/C26H43N3O4/c1-7-9-11-17-27-24(31)23(21-15-13-20(3)14-16-21)29(18-12-10-8-2)22(30)19-28-25(32)33-26(4,5)6/h13-16,23H,7-12,17-19H2,1-6H3,(H,27,31)(H,28,32). The van der Waals surface area contributed by atoms with Crippen molar-refractivity contribution in [3.8, 4) is 0 Å². The van der Waals surface area contributed by atoms with Gasteiger partial charge in [-0.1, -0.05) is 69.4 Å². The summed E-state index contributed by atoms with van der Waals surface area (Å²) >= 11 is 0. The van der Waals surface area contributed by atoms with Crippen molar-refractivity contribution >= 4 is 17.9 Å². The molecule has 0 aliphatic heterocycles. The van der Waals surface area contributed by atoms with Crippen LogP contribution in [0.3, 0.4) is 0 Å². The first-order chi connectivity index (χ1) is 15.6. The number of benzene rings is 1. The largest absolute Gasteiger partial charge is 0.444 e. The Morgan fingerprint density at radius 1 is 0.939 bits per heavy atom. The molecule has 0 spiro atoms. The fraction of sp³-hybridized carbons (Fsp3) is 0.654. The van der Waals surface area contributed by atoms with Crippen molar-refractivity contribution in [2.75, 3.05) is 19.6 Å². The fourth-order valence-corrected chi connectivity index (χ4v) is 3.40. The van der Waals surface area contributed by atoms with Crippen molar-refractivity contribution in [1.82, 2.24) is 15.5 Å². The van der Waals surface area contributed by atoms with Gasteiger partial charge in [0.05, 0.1) is 0 Å². The van der Waals surface area contributed by atoms with Crippen molar-refractivity contribution in [3.63, 3.8) is 0 Å². The number of carbonyl (C=O) groups is 3. The van der Waals surface area contributed by atoms with Crippen LogP contribution in [-0.2, 0) is 14.3 Å². The second kappa shape index (κ2) is 14.6. The van der Waals surface area contributed by atoms with Crippen LogP contribution in [0.2, 0.25) is 0 Å². The molecule has 0 saturated heterocycles. The summed E-state index contributed by atoms with van der Waals surface area (Å²) in [7, 11) is 0. The fourth-order valence-electron chi connectivity index (χ4n) is 3.40. The Hall–Kier alpha value is -2.57. The minimum atomic E-state index is -0.753. The molecule has 1 atom stereocenters. The molecule has 7 nitrogen and oxygen atoms in total. The lowest BCUT2D eigenvalue weighted by Gasteiger charge is -2.32. The highest BCUT2D eigenvalue weighted by atomic mass is 16.6. The Labute approximate surface area is 199 Å². The number of hydrogen-bond acceptors (Lipinski definition) is 4. The topological polar surface area (TPSA) is 87.7 Å². The molecule has 0 aliphatic rings. The van der Waals surface area contributed by atoms with Gasteiger partial charge in [0, 0.05) is 13.1 Å². The maximum atomic E-state index is 13.3. The predicted octanol–water partition coefficient (Wildman–Crippen LogP) is 4.89. The summed E-state index contributed by atoms with van der Waals surface area (Å²) in [6.45, 7) is 12.3. The van der Waals surface area contributed by atoms with Crippen LogP contribution >= 0.6 is 0 Å². The Morgan fingerprint density at radius 2 is 1.55 bits per heavy atom. The van der Waals surface area contributed by atoms with Gasteiger partial charge in [-0.25, -0.2) is 4.79 Å². The normalized spacial score (nSPS) is 12.1. The van der Waals surface area contributed by atoms with Gasteiger partial charge in [0.15, 0.2) is 0 Å². The van der Waals surface area contributed by atoms with Crippen LogP contribution in [-0.4, -0.2) is 48.0 Å². The van der Waals surface area contributed by atoms with Gasteiger partial charge in [0.1, 0.15) is 18.2 Å². The zero-order valence-corrected chi connectivity index (χ0v) is 21.3. The van der Waals surface area contributed by atoms with Crippen molar-refractivity contribution in [1.29, 1.82) is 0 Å². The molecule has 0 aliphatic carbocycles. The maximum Gasteiger partial charge on any atom is 0.408 e. The molecule has 0 aromatic heterocycles. The molecule has 0 bridgehead atoms. The Balaban J connectivity index is 3.09. The molecule has 1 aromatic rings. The van der Waals surface area contributed by atoms with Gasteiger partial charge in [0.25, 0.3) is 0 Å². The molecular formula is C26H43N3O4. The van der Waals surface area contributed by atoms with Crippen LogP contribution in [0.5, 0.6) is 0 Å². The van der Waals surface area contributed by atoms with Crippen LogP contribution < -0.4 is 10.6 Å². The molecule has 1 unspecified atom stereocenters. The summed E-state index contributed by atoms with van der Waals surface area (Å²) in [6, 6.07) is 6.93. The minimum absolute atomic E-state index is 0.197. The Kier molecular flexibility index (Phi) is 12.6. The lowest BCUT2D eigenvalue weighted by atomic mass is 10.0. The zero-order chi connectivity index (χ0) is 24.9. The molecule has 0 fully saturated rings. The Bertz CT molecular complexity index is 741. The number of alkyl carbamates (subject to hydrolysis) is 1. The average Bonchev–Trinajstić information content (AvgIpc) is 2.74. The lowest BCUT2D eigenvalue weighted by molar-refractivity contribution is -0.140. The SMILES string of the molecule is CCCCCNC(=O)C(c1ccc(C)cc1)N(CCCCC)C(=O)CNC(=O)OC(C)(C)C. The zero-order valence-electron chi connectivity index (χ0n) is 21.3. The molecule has 33 heavy (non-hydrogen) atoms. The smallest absolute Gasteiger partial charge is 0.408 e. The number of carbonyl (C=O) groups excluding carboxylic acids is 3. The molecule has 186 valence electrons. The number of nitrogens with one attached hydrogen (secondary N) is 2. The molecule has 7 heteroatoms. The maximum absolute atomic E-state index is 13.3. The number of nitrogens with zero attached hydrogens (tertiary/aromatic N) is 1. The first-order valence-electron chi connectivity index (χ1n) is 12.2. The van der Waals surface area contributed by atoms with Crippen molar-refractivity contribution in [2.45, 2.75) is 91.7 Å². The van der Waals surface area contributed by atoms with E-state index in [1.807, 2.05) is 31.2 Å². The minimum Gasteiger partial charge on any atom is -0.444 e. The highest BCUT2D eigenvalue weighted by Gasteiger charge is 2.31. The highest BCUT2D eigenvalue weighted by Crippen LogP contribution is 2.23. The number of hydrogen-bond donors (Lipinski definition) is 2. The molecule has 2 N–H and O–H groups in total. The third kappa shape index (κ3) is 11.2. The van der Waals surface area contributed by atoms with Crippen molar-refractivity contribution < 1.29 is 19.1 Å². The van der Waals surface area contributed by atoms with E-state index in [-0.39, 0.29) is 18.4 Å². The number of unbranched alkanes of at least 4 members (excludes halogenated alkanes) is 4. The van der Waals surface area contributed by atoms with E-state index >= 15 is 0 Å². The summed E-state index contributed by atoms with van der Waals surface area (Å²) in [5, 5.41) is 5.55. The summed E-state index contributed by atoms with van der Waals surface area (Å²) in [5.41, 5.74) is 1.18. The third-order valence-corrected chi connectivity index (χ3v) is 5.14. The van der Waals surface area contributed by atoms with E-state index in [0.717, 1.165) is 49.7 Å². The van der Waals surface area contributed by atoms with Gasteiger partial charge in [-0.3, -0.25) is 9.59 Å². The average molecular weight is 462 g/mol. The van der Waals surface area contributed by atoms with Crippen LogP contribution in [0.1, 0.15) is 90.3 Å². The first-order valence-corrected chi connectivity index (χ1v) is 12.2.